The van der Waals surface area contributed by atoms with Crippen molar-refractivity contribution in [3.8, 4) is 11.1 Å². The Bertz CT molecular complexity index is 999. The number of fused-ring (bicyclic) bond motifs is 1. The molecule has 0 atom stereocenters. The summed E-state index contributed by atoms with van der Waals surface area (Å²) in [4.78, 5) is 7.90. The molecule has 0 radical (unpaired) electrons. The summed E-state index contributed by atoms with van der Waals surface area (Å²) < 4.78 is 12.9. The van der Waals surface area contributed by atoms with E-state index < -0.39 is 0 Å². The van der Waals surface area contributed by atoms with Crippen molar-refractivity contribution >= 4 is 23.2 Å². The molecule has 0 aliphatic carbocycles. The van der Waals surface area contributed by atoms with E-state index in [0.29, 0.717) is 0 Å². The molecule has 4 aromatic rings. The normalized spacial score (nSPS) is 11.4. The van der Waals surface area contributed by atoms with Gasteiger partial charge in [0.25, 0.3) is 0 Å². The largest absolute Gasteiger partial charge is 0.338 e. The summed E-state index contributed by atoms with van der Waals surface area (Å²) in [5, 5.41) is 0. The molecular formula is C21H15FN2. The number of imidazole rings is 1. The van der Waals surface area contributed by atoms with Crippen LogP contribution in [0.5, 0.6) is 0 Å². The lowest BCUT2D eigenvalue weighted by Crippen LogP contribution is -1.77. The topological polar surface area (TPSA) is 28.7 Å². The van der Waals surface area contributed by atoms with Crippen LogP contribution in [0.3, 0.4) is 0 Å². The Labute approximate surface area is 139 Å². The number of aromatic nitrogens is 2. The molecule has 0 saturated carbocycles. The van der Waals surface area contributed by atoms with Crippen LogP contribution in [0.4, 0.5) is 4.39 Å². The highest BCUT2D eigenvalue weighted by atomic mass is 19.1. The third kappa shape index (κ3) is 2.97. The van der Waals surface area contributed by atoms with E-state index in [1.807, 2.05) is 36.4 Å². The predicted molar refractivity (Wildman–Crippen MR) is 96.9 cm³/mol. The number of aromatic amines is 1. The first-order valence-corrected chi connectivity index (χ1v) is 7.77. The highest BCUT2D eigenvalue weighted by Gasteiger charge is 2.03. The molecule has 0 aliphatic heterocycles. The molecule has 0 saturated heterocycles. The van der Waals surface area contributed by atoms with Gasteiger partial charge in [-0.3, -0.25) is 0 Å². The van der Waals surface area contributed by atoms with Gasteiger partial charge in [0.15, 0.2) is 0 Å². The van der Waals surface area contributed by atoms with Crippen molar-refractivity contribution in [3.05, 3.63) is 90.0 Å². The van der Waals surface area contributed by atoms with Gasteiger partial charge < -0.3 is 4.98 Å². The van der Waals surface area contributed by atoms with Gasteiger partial charge in [0, 0.05) is 0 Å². The van der Waals surface area contributed by atoms with Crippen LogP contribution in [0.1, 0.15) is 11.4 Å². The first kappa shape index (κ1) is 14.4. The number of hydrogen-bond acceptors (Lipinski definition) is 1. The van der Waals surface area contributed by atoms with Crippen molar-refractivity contribution in [3.63, 3.8) is 0 Å². The quantitative estimate of drug-likeness (QED) is 0.528. The summed E-state index contributed by atoms with van der Waals surface area (Å²) in [5.41, 5.74) is 5.17. The molecular weight excluding hydrogens is 299 g/mol. The number of nitrogens with one attached hydrogen (secondary N) is 1. The van der Waals surface area contributed by atoms with E-state index in [1.54, 1.807) is 12.1 Å². The number of hydrogen-bond donors (Lipinski definition) is 1. The first-order valence-electron chi connectivity index (χ1n) is 7.77. The second kappa shape index (κ2) is 6.13. The first-order chi connectivity index (χ1) is 11.8. The van der Waals surface area contributed by atoms with Crippen LogP contribution in [-0.2, 0) is 0 Å². The van der Waals surface area contributed by atoms with Crippen LogP contribution < -0.4 is 0 Å². The Hall–Kier alpha value is -3.20. The molecule has 1 N–H and O–H groups in total. The van der Waals surface area contributed by atoms with Gasteiger partial charge in [-0.05, 0) is 47.0 Å². The lowest BCUT2D eigenvalue weighted by Gasteiger charge is -2.00. The zero-order chi connectivity index (χ0) is 16.4. The standard InChI is InChI=1S/C21H15FN2/c22-18-10-6-15(7-11-18)8-13-21-23-19-12-9-17(14-20(19)24-21)16-4-2-1-3-5-16/h1-14H,(H,23,24). The summed E-state index contributed by atoms with van der Waals surface area (Å²) in [6.45, 7) is 0. The molecule has 116 valence electrons. The summed E-state index contributed by atoms with van der Waals surface area (Å²) in [6.07, 6.45) is 3.81. The number of H-pyrrole nitrogens is 1. The predicted octanol–water partition coefficient (Wildman–Crippen LogP) is 5.54. The van der Waals surface area contributed by atoms with Crippen molar-refractivity contribution in [1.82, 2.24) is 9.97 Å². The lowest BCUT2D eigenvalue weighted by molar-refractivity contribution is 0.628. The number of halogens is 1. The van der Waals surface area contributed by atoms with Crippen LogP contribution in [0.15, 0.2) is 72.8 Å². The molecule has 1 heterocycles. The van der Waals surface area contributed by atoms with E-state index in [0.717, 1.165) is 28.0 Å². The van der Waals surface area contributed by atoms with E-state index >= 15 is 0 Å². The minimum Gasteiger partial charge on any atom is -0.338 e. The third-order valence-corrected chi connectivity index (χ3v) is 3.91. The Balaban J connectivity index is 1.64. The molecule has 3 aromatic carbocycles. The highest BCUT2D eigenvalue weighted by Crippen LogP contribution is 2.23. The molecule has 3 heteroatoms. The summed E-state index contributed by atoms with van der Waals surface area (Å²) in [6, 6.07) is 22.8. The molecule has 0 spiro atoms. The van der Waals surface area contributed by atoms with Crippen molar-refractivity contribution in [2.75, 3.05) is 0 Å². The minimum atomic E-state index is -0.232. The van der Waals surface area contributed by atoms with E-state index in [-0.39, 0.29) is 5.82 Å². The average molecular weight is 314 g/mol. The van der Waals surface area contributed by atoms with Gasteiger partial charge in [-0.25, -0.2) is 9.37 Å². The Kier molecular flexibility index (Phi) is 3.67. The fraction of sp³-hybridized carbons (Fsp3) is 0. The maximum atomic E-state index is 12.9. The van der Waals surface area contributed by atoms with Gasteiger partial charge >= 0.3 is 0 Å². The Morgan fingerprint density at radius 1 is 0.792 bits per heavy atom. The van der Waals surface area contributed by atoms with Gasteiger partial charge in [0.1, 0.15) is 11.6 Å². The zero-order valence-electron chi connectivity index (χ0n) is 12.9. The molecule has 0 amide bonds. The van der Waals surface area contributed by atoms with Gasteiger partial charge in [-0.2, -0.15) is 0 Å². The maximum Gasteiger partial charge on any atom is 0.131 e. The Morgan fingerprint density at radius 3 is 2.38 bits per heavy atom. The van der Waals surface area contributed by atoms with Crippen LogP contribution >= 0.6 is 0 Å². The second-order valence-corrected chi connectivity index (χ2v) is 5.60. The van der Waals surface area contributed by atoms with E-state index in [1.165, 1.54) is 17.7 Å². The van der Waals surface area contributed by atoms with Crippen LogP contribution in [0.25, 0.3) is 34.3 Å². The second-order valence-electron chi connectivity index (χ2n) is 5.60. The fourth-order valence-electron chi connectivity index (χ4n) is 2.66. The molecule has 0 unspecified atom stereocenters. The van der Waals surface area contributed by atoms with Crippen LogP contribution in [-0.4, -0.2) is 9.97 Å². The van der Waals surface area contributed by atoms with Crippen molar-refractivity contribution in [2.24, 2.45) is 0 Å². The van der Waals surface area contributed by atoms with Crippen molar-refractivity contribution in [2.45, 2.75) is 0 Å². The highest BCUT2D eigenvalue weighted by molar-refractivity contribution is 5.83. The summed E-state index contributed by atoms with van der Waals surface area (Å²) in [7, 11) is 0. The van der Waals surface area contributed by atoms with Crippen molar-refractivity contribution < 1.29 is 4.39 Å². The summed E-state index contributed by atoms with van der Waals surface area (Å²) >= 11 is 0. The number of nitrogens with zero attached hydrogens (tertiary/aromatic N) is 1. The van der Waals surface area contributed by atoms with Gasteiger partial charge in [-0.1, -0.05) is 54.6 Å². The molecule has 0 bridgehead atoms. The van der Waals surface area contributed by atoms with Gasteiger partial charge in [-0.15, -0.1) is 0 Å². The number of benzene rings is 3. The molecule has 24 heavy (non-hydrogen) atoms. The smallest absolute Gasteiger partial charge is 0.131 e. The SMILES string of the molecule is Fc1ccc(C=Cc2nc3cc(-c4ccccc4)ccc3[nH]2)cc1. The minimum absolute atomic E-state index is 0.232. The van der Waals surface area contributed by atoms with Gasteiger partial charge in [0.05, 0.1) is 11.0 Å². The molecule has 2 nitrogen and oxygen atoms in total. The van der Waals surface area contributed by atoms with Crippen LogP contribution in [0.2, 0.25) is 0 Å². The maximum absolute atomic E-state index is 12.9. The zero-order valence-corrected chi connectivity index (χ0v) is 12.9. The van der Waals surface area contributed by atoms with E-state index in [2.05, 4.69) is 34.2 Å². The Morgan fingerprint density at radius 2 is 1.58 bits per heavy atom. The molecule has 4 rings (SSSR count). The fourth-order valence-corrected chi connectivity index (χ4v) is 2.66. The summed E-state index contributed by atoms with van der Waals surface area (Å²) in [5.74, 6) is 0.545. The van der Waals surface area contributed by atoms with E-state index in [4.69, 9.17) is 0 Å². The lowest BCUT2D eigenvalue weighted by atomic mass is 10.1. The number of rotatable bonds is 3. The molecule has 1 aromatic heterocycles. The van der Waals surface area contributed by atoms with E-state index in [9.17, 15) is 4.39 Å². The monoisotopic (exact) mass is 314 g/mol. The molecule has 0 fully saturated rings. The average Bonchev–Trinajstić information content (AvgIpc) is 3.04. The third-order valence-electron chi connectivity index (χ3n) is 3.91. The van der Waals surface area contributed by atoms with Crippen molar-refractivity contribution in [1.29, 1.82) is 0 Å². The molecule has 0 aliphatic rings. The van der Waals surface area contributed by atoms with Gasteiger partial charge in [0.2, 0.25) is 0 Å². The van der Waals surface area contributed by atoms with Crippen LogP contribution in [0, 0.1) is 5.82 Å².